The van der Waals surface area contributed by atoms with Gasteiger partial charge in [-0.15, -0.1) is 0 Å². The van der Waals surface area contributed by atoms with Crippen molar-refractivity contribution in [3.8, 4) is 0 Å². The summed E-state index contributed by atoms with van der Waals surface area (Å²) in [6.45, 7) is 7.34. The van der Waals surface area contributed by atoms with E-state index in [4.69, 9.17) is 5.73 Å². The van der Waals surface area contributed by atoms with Gasteiger partial charge >= 0.3 is 0 Å². The minimum atomic E-state index is -3.66. The zero-order valence-corrected chi connectivity index (χ0v) is 13.2. The number of aryl methyl sites for hydroxylation is 1. The average Bonchev–Trinajstić information content (AvgIpc) is 2.38. The smallest absolute Gasteiger partial charge is 0.240 e. The van der Waals surface area contributed by atoms with Gasteiger partial charge in [-0.25, -0.2) is 17.5 Å². The summed E-state index contributed by atoms with van der Waals surface area (Å²) in [5.41, 5.74) is 5.95. The van der Waals surface area contributed by atoms with Gasteiger partial charge in [0.1, 0.15) is 5.82 Å². The van der Waals surface area contributed by atoms with Crippen LogP contribution in [0.1, 0.15) is 38.3 Å². The van der Waals surface area contributed by atoms with Crippen molar-refractivity contribution in [2.45, 2.75) is 51.6 Å². The summed E-state index contributed by atoms with van der Waals surface area (Å²) in [5, 5.41) is 0. The molecule has 20 heavy (non-hydrogen) atoms. The third-order valence-electron chi connectivity index (χ3n) is 3.38. The molecular weight excluding hydrogens is 279 g/mol. The van der Waals surface area contributed by atoms with Gasteiger partial charge in [-0.1, -0.05) is 20.8 Å². The fourth-order valence-corrected chi connectivity index (χ4v) is 3.67. The minimum absolute atomic E-state index is 0.0303. The lowest BCUT2D eigenvalue weighted by Crippen LogP contribution is -2.38. The molecule has 0 aliphatic heterocycles. The predicted molar refractivity (Wildman–Crippen MR) is 78.3 cm³/mol. The van der Waals surface area contributed by atoms with Crippen molar-refractivity contribution in [1.82, 2.24) is 4.72 Å². The molecule has 0 aliphatic rings. The Bertz CT molecular complexity index is 571. The molecule has 1 aromatic rings. The normalized spacial score (nSPS) is 13.8. The largest absolute Gasteiger partial charge is 0.326 e. The number of nitrogens with one attached hydrogen (secondary N) is 1. The molecule has 0 aromatic heterocycles. The van der Waals surface area contributed by atoms with Gasteiger partial charge in [-0.05, 0) is 37.0 Å². The van der Waals surface area contributed by atoms with Crippen molar-refractivity contribution in [2.75, 3.05) is 0 Å². The van der Waals surface area contributed by atoms with E-state index < -0.39 is 15.8 Å². The highest BCUT2D eigenvalue weighted by Gasteiger charge is 2.22. The Morgan fingerprint density at radius 2 is 1.95 bits per heavy atom. The molecule has 1 unspecified atom stereocenters. The summed E-state index contributed by atoms with van der Waals surface area (Å²) in [5.74, 6) is -0.257. The number of hydrogen-bond donors (Lipinski definition) is 2. The van der Waals surface area contributed by atoms with Crippen molar-refractivity contribution in [3.05, 3.63) is 29.1 Å². The Hall–Kier alpha value is -0.980. The van der Waals surface area contributed by atoms with Crippen LogP contribution >= 0.6 is 0 Å². The Kier molecular flexibility index (Phi) is 5.68. The molecule has 114 valence electrons. The maximum Gasteiger partial charge on any atom is 0.240 e. The molecule has 4 nitrogen and oxygen atoms in total. The number of hydrogen-bond acceptors (Lipinski definition) is 3. The van der Waals surface area contributed by atoms with Gasteiger partial charge < -0.3 is 5.73 Å². The standard InChI is InChI=1S/C14H23FN2O2S/c1-5-13(9(2)3)17-20(18,19)12-6-10(4)14(15)11(7-12)8-16/h6-7,9,13,17H,5,8,16H2,1-4H3. The van der Waals surface area contributed by atoms with Gasteiger partial charge in [0.2, 0.25) is 10.0 Å². The highest BCUT2D eigenvalue weighted by molar-refractivity contribution is 7.89. The van der Waals surface area contributed by atoms with E-state index in [1.54, 1.807) is 0 Å². The van der Waals surface area contributed by atoms with Crippen LogP contribution in [0.3, 0.4) is 0 Å². The number of sulfonamides is 1. The lowest BCUT2D eigenvalue weighted by Gasteiger charge is -2.21. The second kappa shape index (κ2) is 6.65. The molecule has 0 bridgehead atoms. The van der Waals surface area contributed by atoms with Gasteiger partial charge in [0.25, 0.3) is 0 Å². The van der Waals surface area contributed by atoms with Crippen molar-refractivity contribution < 1.29 is 12.8 Å². The monoisotopic (exact) mass is 302 g/mol. The Balaban J connectivity index is 3.19. The number of benzene rings is 1. The van der Waals surface area contributed by atoms with Crippen LogP contribution in [0.5, 0.6) is 0 Å². The van der Waals surface area contributed by atoms with Crippen molar-refractivity contribution >= 4 is 10.0 Å². The van der Waals surface area contributed by atoms with E-state index in [-0.39, 0.29) is 34.5 Å². The summed E-state index contributed by atoms with van der Waals surface area (Å²) in [6.07, 6.45) is 0.695. The second-order valence-corrected chi connectivity index (χ2v) is 7.01. The van der Waals surface area contributed by atoms with E-state index in [0.29, 0.717) is 6.42 Å². The van der Waals surface area contributed by atoms with Crippen LogP contribution in [0, 0.1) is 18.7 Å². The van der Waals surface area contributed by atoms with Crippen molar-refractivity contribution in [3.63, 3.8) is 0 Å². The Labute approximate surface area is 120 Å². The minimum Gasteiger partial charge on any atom is -0.326 e. The maximum atomic E-state index is 13.7. The molecule has 0 amide bonds. The summed E-state index contributed by atoms with van der Waals surface area (Å²) in [7, 11) is -3.66. The van der Waals surface area contributed by atoms with Gasteiger partial charge in [-0.3, -0.25) is 0 Å². The van der Waals surface area contributed by atoms with Crippen LogP contribution in [0.25, 0.3) is 0 Å². The van der Waals surface area contributed by atoms with Crippen LogP contribution in [0.2, 0.25) is 0 Å². The average molecular weight is 302 g/mol. The first kappa shape index (κ1) is 17.1. The zero-order chi connectivity index (χ0) is 15.5. The highest BCUT2D eigenvalue weighted by Crippen LogP contribution is 2.20. The Morgan fingerprint density at radius 1 is 1.35 bits per heavy atom. The quantitative estimate of drug-likeness (QED) is 0.847. The molecule has 0 heterocycles. The van der Waals surface area contributed by atoms with Crippen LogP contribution < -0.4 is 10.5 Å². The number of rotatable bonds is 6. The molecule has 0 fully saturated rings. The Morgan fingerprint density at radius 3 is 2.40 bits per heavy atom. The van der Waals surface area contributed by atoms with Crippen molar-refractivity contribution in [2.24, 2.45) is 11.7 Å². The van der Waals surface area contributed by atoms with Crippen LogP contribution in [-0.4, -0.2) is 14.5 Å². The topological polar surface area (TPSA) is 72.2 Å². The molecule has 0 spiro atoms. The van der Waals surface area contributed by atoms with E-state index in [1.165, 1.54) is 19.1 Å². The van der Waals surface area contributed by atoms with Crippen LogP contribution in [0.4, 0.5) is 4.39 Å². The van der Waals surface area contributed by atoms with E-state index in [0.717, 1.165) is 0 Å². The highest BCUT2D eigenvalue weighted by atomic mass is 32.2. The predicted octanol–water partition coefficient (Wildman–Crippen LogP) is 2.31. The first-order chi connectivity index (χ1) is 9.22. The third-order valence-corrected chi connectivity index (χ3v) is 4.85. The van der Waals surface area contributed by atoms with Gasteiger partial charge in [0, 0.05) is 18.2 Å². The molecule has 0 saturated carbocycles. The maximum absolute atomic E-state index is 13.7. The lowest BCUT2D eigenvalue weighted by molar-refractivity contribution is 0.437. The molecular formula is C14H23FN2O2S. The molecule has 0 saturated heterocycles. The van der Waals surface area contributed by atoms with Gasteiger partial charge in [-0.2, -0.15) is 0 Å². The van der Waals surface area contributed by atoms with Gasteiger partial charge in [0.15, 0.2) is 0 Å². The first-order valence-corrected chi connectivity index (χ1v) is 8.22. The summed E-state index contributed by atoms with van der Waals surface area (Å²) >= 11 is 0. The first-order valence-electron chi connectivity index (χ1n) is 6.74. The number of nitrogens with two attached hydrogens (primary N) is 1. The lowest BCUT2D eigenvalue weighted by atomic mass is 10.0. The van der Waals surface area contributed by atoms with E-state index in [1.807, 2.05) is 20.8 Å². The second-order valence-electron chi connectivity index (χ2n) is 5.30. The molecule has 3 N–H and O–H groups in total. The fraction of sp³-hybridized carbons (Fsp3) is 0.571. The summed E-state index contributed by atoms with van der Waals surface area (Å²) in [6, 6.07) is 2.49. The van der Waals surface area contributed by atoms with E-state index in [9.17, 15) is 12.8 Å². The molecule has 1 atom stereocenters. The van der Waals surface area contributed by atoms with E-state index in [2.05, 4.69) is 4.72 Å². The van der Waals surface area contributed by atoms with E-state index >= 15 is 0 Å². The molecule has 1 rings (SSSR count). The fourth-order valence-electron chi connectivity index (χ4n) is 2.07. The number of halogens is 1. The molecule has 1 aromatic carbocycles. The molecule has 6 heteroatoms. The third kappa shape index (κ3) is 3.77. The molecule has 0 aliphatic carbocycles. The summed E-state index contributed by atoms with van der Waals surface area (Å²) < 4.78 is 41.1. The van der Waals surface area contributed by atoms with Crippen LogP contribution in [0.15, 0.2) is 17.0 Å². The zero-order valence-electron chi connectivity index (χ0n) is 12.4. The van der Waals surface area contributed by atoms with Crippen LogP contribution in [-0.2, 0) is 16.6 Å². The van der Waals surface area contributed by atoms with Gasteiger partial charge in [0.05, 0.1) is 4.90 Å². The summed E-state index contributed by atoms with van der Waals surface area (Å²) in [4.78, 5) is 0.0657. The van der Waals surface area contributed by atoms with Crippen molar-refractivity contribution in [1.29, 1.82) is 0 Å². The SMILES string of the molecule is CCC(NS(=O)(=O)c1cc(C)c(F)c(CN)c1)C(C)C. The molecule has 0 radical (unpaired) electrons.